The third-order valence-corrected chi connectivity index (χ3v) is 10.1. The van der Waals surface area contributed by atoms with Gasteiger partial charge < -0.3 is 25.7 Å². The van der Waals surface area contributed by atoms with E-state index in [2.05, 4.69) is 16.0 Å². The standard InChI is InChI=1S/C34H49N4O6P/c1-25(2)23-30(33(41)36-29-15-8-5-9-16-29)37-32(40)28(19-18-27-13-6-4-7-14-27)24-45(43,44)22-11-10-20-35-34(42)31-17-12-21-38(31)26(3)39/h4-9,13-16,25,28,30-31H,10-12,17-24H2,1-3H3,(H,35,42)(H,36,41)(H,37,40)(H,43,44)/t28-,30-,31+/m1/s1. The van der Waals surface area contributed by atoms with Gasteiger partial charge in [0.2, 0.25) is 31.0 Å². The first-order valence-corrected chi connectivity index (χ1v) is 18.0. The summed E-state index contributed by atoms with van der Waals surface area (Å²) in [5.74, 6) is -1.69. The van der Waals surface area contributed by atoms with Crippen LogP contribution < -0.4 is 16.0 Å². The fourth-order valence-electron chi connectivity index (χ4n) is 5.70. The van der Waals surface area contributed by atoms with Crippen LogP contribution in [0.4, 0.5) is 5.69 Å². The molecule has 246 valence electrons. The summed E-state index contributed by atoms with van der Waals surface area (Å²) < 4.78 is 13.4. The molecule has 0 aromatic heterocycles. The summed E-state index contributed by atoms with van der Waals surface area (Å²) in [6.45, 7) is 6.32. The Morgan fingerprint density at radius 1 is 0.978 bits per heavy atom. The highest BCUT2D eigenvalue weighted by Crippen LogP contribution is 2.44. The first kappa shape index (κ1) is 36.0. The molecule has 1 fully saturated rings. The Morgan fingerprint density at radius 2 is 1.64 bits per heavy atom. The minimum atomic E-state index is -3.71. The minimum absolute atomic E-state index is 0.0188. The van der Waals surface area contributed by atoms with Crippen molar-refractivity contribution in [3.05, 3.63) is 66.2 Å². The zero-order chi connectivity index (χ0) is 32.8. The number of carbonyl (C=O) groups is 4. The number of hydrogen-bond acceptors (Lipinski definition) is 5. The number of aryl methyl sites for hydroxylation is 1. The van der Waals surface area contributed by atoms with Crippen LogP contribution in [0.3, 0.4) is 0 Å². The van der Waals surface area contributed by atoms with E-state index in [0.29, 0.717) is 57.3 Å². The minimum Gasteiger partial charge on any atom is -0.354 e. The molecule has 4 amide bonds. The lowest BCUT2D eigenvalue weighted by Crippen LogP contribution is -2.47. The molecule has 45 heavy (non-hydrogen) atoms. The number of unbranched alkanes of at least 4 members (excludes halogenated alkanes) is 1. The van der Waals surface area contributed by atoms with Crippen LogP contribution in [-0.4, -0.2) is 70.9 Å². The van der Waals surface area contributed by atoms with Gasteiger partial charge in [0.05, 0.1) is 0 Å². The molecule has 2 aromatic carbocycles. The molecule has 0 aliphatic carbocycles. The summed E-state index contributed by atoms with van der Waals surface area (Å²) in [6.07, 6.45) is 3.48. The van der Waals surface area contributed by atoms with Crippen LogP contribution >= 0.6 is 7.37 Å². The van der Waals surface area contributed by atoms with E-state index in [4.69, 9.17) is 0 Å². The van der Waals surface area contributed by atoms with Gasteiger partial charge in [0.25, 0.3) is 0 Å². The van der Waals surface area contributed by atoms with Crippen molar-refractivity contribution < 1.29 is 28.6 Å². The molecule has 1 aliphatic rings. The van der Waals surface area contributed by atoms with Crippen LogP contribution in [-0.2, 0) is 30.2 Å². The lowest BCUT2D eigenvalue weighted by molar-refractivity contribution is -0.136. The van der Waals surface area contributed by atoms with E-state index in [1.807, 2.05) is 62.4 Å². The largest absolute Gasteiger partial charge is 0.354 e. The van der Waals surface area contributed by atoms with Gasteiger partial charge >= 0.3 is 0 Å². The van der Waals surface area contributed by atoms with Crippen LogP contribution in [0.15, 0.2) is 60.7 Å². The van der Waals surface area contributed by atoms with Crippen molar-refractivity contribution in [2.45, 2.75) is 77.8 Å². The Morgan fingerprint density at radius 3 is 2.29 bits per heavy atom. The summed E-state index contributed by atoms with van der Waals surface area (Å²) in [7, 11) is -3.71. The summed E-state index contributed by atoms with van der Waals surface area (Å²) in [4.78, 5) is 63.7. The Bertz CT molecular complexity index is 1310. The molecular weight excluding hydrogens is 591 g/mol. The van der Waals surface area contributed by atoms with Crippen molar-refractivity contribution in [2.75, 3.05) is 30.7 Å². The second kappa shape index (κ2) is 17.9. The fourth-order valence-corrected chi connectivity index (χ4v) is 7.64. The van der Waals surface area contributed by atoms with Crippen molar-refractivity contribution >= 4 is 36.7 Å². The zero-order valence-corrected chi connectivity index (χ0v) is 27.6. The lowest BCUT2D eigenvalue weighted by atomic mass is 9.98. The molecule has 1 heterocycles. The molecule has 1 unspecified atom stereocenters. The Hall–Kier alpha value is -3.49. The molecule has 0 saturated carbocycles. The van der Waals surface area contributed by atoms with Gasteiger partial charge in [-0.1, -0.05) is 62.4 Å². The molecule has 4 N–H and O–H groups in total. The SMILES string of the molecule is CC(=O)N1CCC[C@H]1C(=O)NCCCCP(=O)(O)C[C@@H](CCc1ccccc1)C(=O)N[C@H](CC(C)C)C(=O)Nc1ccccc1. The third-order valence-electron chi connectivity index (χ3n) is 8.08. The first-order valence-electron chi connectivity index (χ1n) is 16.0. The van der Waals surface area contributed by atoms with Crippen LogP contribution in [0.25, 0.3) is 0 Å². The highest BCUT2D eigenvalue weighted by molar-refractivity contribution is 7.58. The van der Waals surface area contributed by atoms with Gasteiger partial charge in [-0.3, -0.25) is 23.7 Å². The van der Waals surface area contributed by atoms with Crippen LogP contribution in [0.2, 0.25) is 0 Å². The molecule has 0 spiro atoms. The average molecular weight is 641 g/mol. The molecule has 2 aromatic rings. The molecule has 3 rings (SSSR count). The zero-order valence-electron chi connectivity index (χ0n) is 26.7. The summed E-state index contributed by atoms with van der Waals surface area (Å²) >= 11 is 0. The molecule has 10 nitrogen and oxygen atoms in total. The number of carbonyl (C=O) groups excluding carboxylic acids is 4. The maximum Gasteiger partial charge on any atom is 0.246 e. The Balaban J connectivity index is 1.59. The predicted molar refractivity (Wildman–Crippen MR) is 177 cm³/mol. The number of para-hydroxylation sites is 1. The van der Waals surface area contributed by atoms with E-state index in [1.54, 1.807) is 17.0 Å². The number of likely N-dealkylation sites (tertiary alicyclic amines) is 1. The van der Waals surface area contributed by atoms with Crippen LogP contribution in [0.5, 0.6) is 0 Å². The van der Waals surface area contributed by atoms with Gasteiger partial charge in [0.15, 0.2) is 0 Å². The molecule has 0 bridgehead atoms. The molecule has 1 saturated heterocycles. The molecule has 1 aliphatic heterocycles. The molecule has 11 heteroatoms. The summed E-state index contributed by atoms with van der Waals surface area (Å²) in [6, 6.07) is 17.4. The number of rotatable bonds is 17. The van der Waals surface area contributed by atoms with E-state index in [9.17, 15) is 28.6 Å². The van der Waals surface area contributed by atoms with Crippen LogP contribution in [0, 0.1) is 11.8 Å². The molecular formula is C34H49N4O6P. The number of benzene rings is 2. The van der Waals surface area contributed by atoms with E-state index in [-0.39, 0.29) is 36.0 Å². The lowest BCUT2D eigenvalue weighted by Gasteiger charge is -2.25. The number of amides is 4. The van der Waals surface area contributed by atoms with Crippen molar-refractivity contribution in [1.82, 2.24) is 15.5 Å². The topological polar surface area (TPSA) is 145 Å². The van der Waals surface area contributed by atoms with Crippen molar-refractivity contribution in [2.24, 2.45) is 11.8 Å². The Kier molecular flexibility index (Phi) is 14.3. The van der Waals surface area contributed by atoms with Gasteiger partial charge in [-0.15, -0.1) is 0 Å². The molecule has 0 radical (unpaired) electrons. The van der Waals surface area contributed by atoms with E-state index >= 15 is 0 Å². The van der Waals surface area contributed by atoms with E-state index in [0.717, 1.165) is 12.0 Å². The third kappa shape index (κ3) is 12.4. The van der Waals surface area contributed by atoms with Gasteiger partial charge in [0, 0.05) is 43.9 Å². The average Bonchev–Trinajstić information content (AvgIpc) is 3.50. The summed E-state index contributed by atoms with van der Waals surface area (Å²) in [5.41, 5.74) is 1.64. The van der Waals surface area contributed by atoms with Crippen molar-refractivity contribution in [3.63, 3.8) is 0 Å². The van der Waals surface area contributed by atoms with Crippen molar-refractivity contribution in [3.8, 4) is 0 Å². The monoisotopic (exact) mass is 640 g/mol. The molecule has 4 atom stereocenters. The quantitative estimate of drug-likeness (QED) is 0.147. The Labute approximate surface area is 267 Å². The van der Waals surface area contributed by atoms with Gasteiger partial charge in [-0.2, -0.15) is 0 Å². The van der Waals surface area contributed by atoms with Gasteiger partial charge in [-0.25, -0.2) is 0 Å². The highest BCUT2D eigenvalue weighted by Gasteiger charge is 2.33. The number of anilines is 1. The number of nitrogens with one attached hydrogen (secondary N) is 3. The second-order valence-corrected chi connectivity index (χ2v) is 14.9. The highest BCUT2D eigenvalue weighted by atomic mass is 31.2. The maximum atomic E-state index is 13.6. The van der Waals surface area contributed by atoms with Crippen molar-refractivity contribution in [1.29, 1.82) is 0 Å². The van der Waals surface area contributed by atoms with E-state index < -0.39 is 31.3 Å². The predicted octanol–water partition coefficient (Wildman–Crippen LogP) is 4.58. The smallest absolute Gasteiger partial charge is 0.246 e. The number of nitrogens with zero attached hydrogens (tertiary/aromatic N) is 1. The van der Waals surface area contributed by atoms with Gasteiger partial charge in [-0.05, 0) is 68.6 Å². The van der Waals surface area contributed by atoms with Crippen LogP contribution in [0.1, 0.15) is 64.9 Å². The van der Waals surface area contributed by atoms with E-state index in [1.165, 1.54) is 6.92 Å². The fraction of sp³-hybridized carbons (Fsp3) is 0.529. The maximum absolute atomic E-state index is 13.6. The van der Waals surface area contributed by atoms with Gasteiger partial charge in [0.1, 0.15) is 12.1 Å². The number of hydrogen-bond donors (Lipinski definition) is 4. The first-order chi connectivity index (χ1) is 21.4. The second-order valence-electron chi connectivity index (χ2n) is 12.4. The summed E-state index contributed by atoms with van der Waals surface area (Å²) in [5, 5.41) is 8.61. The normalized spacial score (nSPS) is 17.3.